The maximum absolute atomic E-state index is 13.3. The Hall–Kier alpha value is -2.94. The first-order valence-corrected chi connectivity index (χ1v) is 9.39. The normalized spacial score (nSPS) is 24.5. The number of carbonyl (C=O) groups excluding carboxylic acids is 3. The van der Waals surface area contributed by atoms with Gasteiger partial charge in [-0.3, -0.25) is 19.4 Å². The van der Waals surface area contributed by atoms with Gasteiger partial charge >= 0.3 is 6.03 Å². The van der Waals surface area contributed by atoms with Gasteiger partial charge in [0.1, 0.15) is 0 Å². The van der Waals surface area contributed by atoms with Crippen LogP contribution < -0.4 is 4.90 Å². The molecule has 0 N–H and O–H groups in total. The summed E-state index contributed by atoms with van der Waals surface area (Å²) in [5, 5.41) is 0. The average molecular weight is 445 g/mol. The van der Waals surface area contributed by atoms with Gasteiger partial charge in [0.15, 0.2) is 22.2 Å². The minimum absolute atomic E-state index is 0.318. The smallest absolute Gasteiger partial charge is 0.328 e. The second kappa shape index (κ2) is 6.59. The van der Waals surface area contributed by atoms with Gasteiger partial charge in [0.05, 0.1) is 12.8 Å². The summed E-state index contributed by atoms with van der Waals surface area (Å²) in [6.45, 7) is 1.36. The number of carbonyl (C=O) groups is 3. The molecule has 0 bridgehead atoms. The zero-order valence-electron chi connectivity index (χ0n) is 15.2. The van der Waals surface area contributed by atoms with E-state index in [1.807, 2.05) is 0 Å². The van der Waals surface area contributed by atoms with Crippen molar-refractivity contribution < 1.29 is 18.8 Å². The Morgan fingerprint density at radius 1 is 1.21 bits per heavy atom. The summed E-state index contributed by atoms with van der Waals surface area (Å²) in [5.74, 6) is -0.416. The number of fused-ring (bicyclic) bond motifs is 1. The molecule has 0 aliphatic carbocycles. The summed E-state index contributed by atoms with van der Waals surface area (Å²) >= 11 is 3.37. The van der Waals surface area contributed by atoms with Crippen molar-refractivity contribution >= 4 is 44.3 Å². The number of halogens is 1. The molecule has 144 valence electrons. The summed E-state index contributed by atoms with van der Waals surface area (Å²) in [5.41, 5.74) is -0.697. The highest BCUT2D eigenvalue weighted by atomic mass is 79.9. The van der Waals surface area contributed by atoms with Crippen molar-refractivity contribution in [3.63, 3.8) is 0 Å². The van der Waals surface area contributed by atoms with Crippen LogP contribution in [0, 0.1) is 0 Å². The first-order valence-electron chi connectivity index (χ1n) is 8.60. The number of benzene rings is 1. The molecule has 2 aromatic rings. The first-order chi connectivity index (χ1) is 13.3. The summed E-state index contributed by atoms with van der Waals surface area (Å²) in [6, 6.07) is 10.5. The third-order valence-electron chi connectivity index (χ3n) is 5.13. The Balaban J connectivity index is 1.69. The molecule has 1 aromatic heterocycles. The number of hydrogen-bond donors (Lipinski definition) is 0. The monoisotopic (exact) mass is 444 g/mol. The molecule has 3 amide bonds. The number of anilines is 1. The predicted molar refractivity (Wildman–Crippen MR) is 105 cm³/mol. The Labute approximate surface area is 169 Å². The quantitative estimate of drug-likeness (QED) is 0.534. The zero-order chi connectivity index (χ0) is 20.1. The number of amidine groups is 1. The van der Waals surface area contributed by atoms with E-state index in [1.54, 1.807) is 61.3 Å². The number of urea groups is 1. The van der Waals surface area contributed by atoms with Crippen molar-refractivity contribution in [3.05, 3.63) is 54.3 Å². The van der Waals surface area contributed by atoms with E-state index < -0.39 is 23.6 Å². The molecule has 28 heavy (non-hydrogen) atoms. The SMILES string of the molecule is CN1C(=O)N(CC(=O)c2ccccc2)C(=O)C2N(c3ccco3)C(Br)=NC21C. The molecule has 2 atom stereocenters. The van der Waals surface area contributed by atoms with Crippen LogP contribution >= 0.6 is 15.9 Å². The van der Waals surface area contributed by atoms with Gasteiger partial charge in [0, 0.05) is 18.7 Å². The van der Waals surface area contributed by atoms with Gasteiger partial charge in [-0.05, 0) is 28.9 Å². The summed E-state index contributed by atoms with van der Waals surface area (Å²) in [7, 11) is 1.57. The van der Waals surface area contributed by atoms with Crippen molar-refractivity contribution in [2.24, 2.45) is 4.99 Å². The maximum atomic E-state index is 13.3. The molecule has 2 unspecified atom stereocenters. The fourth-order valence-corrected chi connectivity index (χ4v) is 4.24. The minimum atomic E-state index is -1.13. The molecule has 0 radical (unpaired) electrons. The number of hydrogen-bond acceptors (Lipinski definition) is 6. The van der Waals surface area contributed by atoms with Crippen LogP contribution in [-0.2, 0) is 4.79 Å². The van der Waals surface area contributed by atoms with Crippen LogP contribution in [0.2, 0.25) is 0 Å². The molecule has 0 spiro atoms. The third-order valence-corrected chi connectivity index (χ3v) is 5.69. The molecule has 1 aromatic carbocycles. The fraction of sp³-hybridized carbons (Fsp3) is 0.263. The topological polar surface area (TPSA) is 86.4 Å². The van der Waals surface area contributed by atoms with Gasteiger partial charge in [-0.25, -0.2) is 9.79 Å². The van der Waals surface area contributed by atoms with Crippen LogP contribution in [0.3, 0.4) is 0 Å². The molecule has 9 heteroatoms. The summed E-state index contributed by atoms with van der Waals surface area (Å²) < 4.78 is 5.83. The second-order valence-electron chi connectivity index (χ2n) is 6.75. The average Bonchev–Trinajstić information content (AvgIpc) is 3.30. The molecule has 8 nitrogen and oxygen atoms in total. The van der Waals surface area contributed by atoms with Gasteiger partial charge < -0.3 is 9.32 Å². The summed E-state index contributed by atoms with van der Waals surface area (Å²) in [4.78, 5) is 47.3. The van der Waals surface area contributed by atoms with Crippen LogP contribution in [0.25, 0.3) is 0 Å². The van der Waals surface area contributed by atoms with Crippen LogP contribution in [-0.4, -0.2) is 57.6 Å². The largest absolute Gasteiger partial charge is 0.448 e. The number of imide groups is 1. The molecule has 4 rings (SSSR count). The Morgan fingerprint density at radius 3 is 2.57 bits per heavy atom. The van der Waals surface area contributed by atoms with E-state index >= 15 is 0 Å². The Morgan fingerprint density at radius 2 is 1.93 bits per heavy atom. The van der Waals surface area contributed by atoms with Gasteiger partial charge in [-0.1, -0.05) is 30.3 Å². The van der Waals surface area contributed by atoms with Crippen molar-refractivity contribution in [2.75, 3.05) is 18.5 Å². The minimum Gasteiger partial charge on any atom is -0.448 e. The molecule has 1 fully saturated rings. The lowest BCUT2D eigenvalue weighted by Gasteiger charge is -2.46. The van der Waals surface area contributed by atoms with Crippen LogP contribution in [0.5, 0.6) is 0 Å². The van der Waals surface area contributed by atoms with E-state index in [1.165, 1.54) is 11.2 Å². The highest BCUT2D eigenvalue weighted by Crippen LogP contribution is 2.40. The fourth-order valence-electron chi connectivity index (χ4n) is 3.50. The number of ketones is 1. The van der Waals surface area contributed by atoms with Crippen molar-refractivity contribution in [1.29, 1.82) is 0 Å². The van der Waals surface area contributed by atoms with E-state index in [0.29, 0.717) is 16.2 Å². The van der Waals surface area contributed by atoms with Crippen molar-refractivity contribution in [2.45, 2.75) is 18.6 Å². The van der Waals surface area contributed by atoms with Crippen LogP contribution in [0.1, 0.15) is 17.3 Å². The molecule has 0 saturated carbocycles. The maximum Gasteiger partial charge on any atom is 0.328 e. The van der Waals surface area contributed by atoms with Crippen molar-refractivity contribution in [1.82, 2.24) is 9.80 Å². The van der Waals surface area contributed by atoms with Crippen LogP contribution in [0.4, 0.5) is 10.7 Å². The lowest BCUT2D eigenvalue weighted by Crippen LogP contribution is -2.70. The lowest BCUT2D eigenvalue weighted by molar-refractivity contribution is -0.135. The highest BCUT2D eigenvalue weighted by Gasteiger charge is 2.60. The standard InChI is InChI=1S/C19H17BrN4O4/c1-19-15(24(17(20)21-19)14-9-6-10-28-14)16(26)23(18(27)22(19)2)11-13(25)12-7-4-3-5-8-12/h3-10,15H,11H2,1-2H3. The van der Waals surface area contributed by atoms with E-state index in [-0.39, 0.29) is 12.3 Å². The molecule has 3 heterocycles. The molecule has 2 aliphatic rings. The van der Waals surface area contributed by atoms with E-state index in [9.17, 15) is 14.4 Å². The van der Waals surface area contributed by atoms with E-state index in [4.69, 9.17) is 4.42 Å². The van der Waals surface area contributed by atoms with Crippen LogP contribution in [0.15, 0.2) is 58.1 Å². The number of Topliss-reactive ketones (excluding diaryl/α,β-unsaturated/α-hetero) is 1. The number of likely N-dealkylation sites (N-methyl/N-ethyl adjacent to an activating group) is 1. The third kappa shape index (κ3) is 2.65. The second-order valence-corrected chi connectivity index (χ2v) is 7.46. The first kappa shape index (κ1) is 18.4. The van der Waals surface area contributed by atoms with Gasteiger partial charge in [-0.15, -0.1) is 0 Å². The lowest BCUT2D eigenvalue weighted by atomic mass is 9.96. The number of rotatable bonds is 4. The number of furan rings is 1. The van der Waals surface area contributed by atoms with Gasteiger partial charge in [0.2, 0.25) is 5.88 Å². The van der Waals surface area contributed by atoms with Gasteiger partial charge in [0.25, 0.3) is 5.91 Å². The van der Waals surface area contributed by atoms with E-state index in [2.05, 4.69) is 20.9 Å². The van der Waals surface area contributed by atoms with Gasteiger partial charge in [-0.2, -0.15) is 0 Å². The number of aliphatic imine (C=N–C) groups is 1. The van der Waals surface area contributed by atoms with E-state index in [0.717, 1.165) is 4.90 Å². The Bertz CT molecular complexity index is 975. The number of nitrogens with zero attached hydrogens (tertiary/aromatic N) is 4. The van der Waals surface area contributed by atoms with Crippen molar-refractivity contribution in [3.8, 4) is 0 Å². The molecule has 2 aliphatic heterocycles. The molecule has 1 saturated heterocycles. The molecular formula is C19H17BrN4O4. The highest BCUT2D eigenvalue weighted by molar-refractivity contribution is 9.18. The zero-order valence-corrected chi connectivity index (χ0v) is 16.8. The predicted octanol–water partition coefficient (Wildman–Crippen LogP) is 2.71. The summed E-state index contributed by atoms with van der Waals surface area (Å²) in [6.07, 6.45) is 1.49. The molecular weight excluding hydrogens is 428 g/mol. The number of amides is 3. The Kier molecular flexibility index (Phi) is 4.34.